The third-order valence-corrected chi connectivity index (χ3v) is 6.67. The van der Waals surface area contributed by atoms with Crippen LogP contribution in [0.3, 0.4) is 0 Å². The van der Waals surface area contributed by atoms with Gasteiger partial charge >= 0.3 is 0 Å². The minimum Gasteiger partial charge on any atom is -0.456 e. The minimum absolute atomic E-state index is 0.671. The summed E-state index contributed by atoms with van der Waals surface area (Å²) in [6.45, 7) is 3.48. The van der Waals surface area contributed by atoms with Gasteiger partial charge in [0, 0.05) is 29.2 Å². The Balaban J connectivity index is 1.52. The average molecular weight is 420 g/mol. The van der Waals surface area contributed by atoms with E-state index in [0.717, 1.165) is 42.5 Å². The molecule has 0 fully saturated rings. The Morgan fingerprint density at radius 3 is 2.69 bits per heavy atom. The molecule has 5 rings (SSSR count). The van der Waals surface area contributed by atoms with Crippen molar-refractivity contribution in [2.45, 2.75) is 19.4 Å². The number of hydrogen-bond donors (Lipinski definition) is 1. The van der Waals surface area contributed by atoms with Crippen molar-refractivity contribution in [3.63, 3.8) is 0 Å². The van der Waals surface area contributed by atoms with Crippen molar-refractivity contribution in [3.05, 3.63) is 65.9 Å². The monoisotopic (exact) mass is 419 g/mol. The van der Waals surface area contributed by atoms with Gasteiger partial charge < -0.3 is 9.84 Å². The lowest BCUT2D eigenvalue weighted by Gasteiger charge is -2.12. The van der Waals surface area contributed by atoms with Crippen LogP contribution in [0.15, 0.2) is 60.2 Å². The number of hydrogen-bond acceptors (Lipinski definition) is 7. The normalized spacial score (nSPS) is 12.0. The lowest BCUT2D eigenvalue weighted by molar-refractivity contribution is 0.0746. The van der Waals surface area contributed by atoms with Gasteiger partial charge in [0.1, 0.15) is 22.1 Å². The fourth-order valence-corrected chi connectivity index (χ4v) is 5.12. The molecule has 0 atom stereocenters. The van der Waals surface area contributed by atoms with Crippen LogP contribution < -0.4 is 4.74 Å². The molecule has 0 bridgehead atoms. The molecule has 29 heavy (non-hydrogen) atoms. The summed E-state index contributed by atoms with van der Waals surface area (Å²) in [6.07, 6.45) is 3.53. The summed E-state index contributed by atoms with van der Waals surface area (Å²) in [7, 11) is 0. The highest BCUT2D eigenvalue weighted by Gasteiger charge is 2.21. The SMILES string of the molecule is CC(C)(O)c1csc(-c2cc3nccc(Oc4ccc5ncccc5c4)c3s2)n1. The van der Waals surface area contributed by atoms with Crippen molar-refractivity contribution in [2.24, 2.45) is 0 Å². The summed E-state index contributed by atoms with van der Waals surface area (Å²) < 4.78 is 7.16. The van der Waals surface area contributed by atoms with Crippen molar-refractivity contribution in [1.29, 1.82) is 0 Å². The fourth-order valence-electron chi connectivity index (χ4n) is 3.01. The maximum Gasteiger partial charge on any atom is 0.148 e. The van der Waals surface area contributed by atoms with E-state index in [9.17, 15) is 5.11 Å². The molecule has 1 N–H and O–H groups in total. The Morgan fingerprint density at radius 1 is 1.00 bits per heavy atom. The third-order valence-electron chi connectivity index (χ3n) is 4.52. The highest BCUT2D eigenvalue weighted by atomic mass is 32.1. The van der Waals surface area contributed by atoms with E-state index in [2.05, 4.69) is 15.0 Å². The van der Waals surface area contributed by atoms with Crippen molar-refractivity contribution >= 4 is 43.8 Å². The molecular formula is C22H17N3O2S2. The first-order chi connectivity index (χ1) is 14.0. The maximum absolute atomic E-state index is 10.2. The van der Waals surface area contributed by atoms with E-state index in [-0.39, 0.29) is 0 Å². The Kier molecular flexibility index (Phi) is 4.31. The Morgan fingerprint density at radius 2 is 1.86 bits per heavy atom. The van der Waals surface area contributed by atoms with Crippen molar-refractivity contribution < 1.29 is 9.84 Å². The van der Waals surface area contributed by atoms with Crippen molar-refractivity contribution in [1.82, 2.24) is 15.0 Å². The van der Waals surface area contributed by atoms with E-state index in [0.29, 0.717) is 5.69 Å². The molecule has 0 amide bonds. The second kappa shape index (κ2) is 6.88. The van der Waals surface area contributed by atoms with E-state index in [4.69, 9.17) is 4.74 Å². The van der Waals surface area contributed by atoms with Crippen molar-refractivity contribution in [2.75, 3.05) is 0 Å². The molecule has 0 aliphatic carbocycles. The van der Waals surface area contributed by atoms with Gasteiger partial charge in [-0.25, -0.2) is 4.98 Å². The quantitative estimate of drug-likeness (QED) is 0.388. The Bertz CT molecular complexity index is 1330. The number of aliphatic hydroxyl groups is 1. The van der Waals surface area contributed by atoms with Crippen LogP contribution in [0.4, 0.5) is 0 Å². The molecule has 0 saturated heterocycles. The lowest BCUT2D eigenvalue weighted by atomic mass is 10.1. The number of ether oxygens (including phenoxy) is 1. The molecule has 0 aliphatic rings. The average Bonchev–Trinajstić information content (AvgIpc) is 3.35. The topological polar surface area (TPSA) is 68.1 Å². The number of pyridine rings is 2. The van der Waals surface area contributed by atoms with Gasteiger partial charge in [-0.05, 0) is 44.2 Å². The van der Waals surface area contributed by atoms with E-state index in [1.54, 1.807) is 37.6 Å². The first kappa shape index (κ1) is 18.2. The van der Waals surface area contributed by atoms with Crippen LogP contribution in [-0.4, -0.2) is 20.1 Å². The molecule has 0 unspecified atom stereocenters. The molecule has 144 valence electrons. The van der Waals surface area contributed by atoms with Gasteiger partial charge in [0.05, 0.1) is 26.3 Å². The number of benzene rings is 1. The maximum atomic E-state index is 10.2. The van der Waals surface area contributed by atoms with Crippen LogP contribution in [0.2, 0.25) is 0 Å². The minimum atomic E-state index is -0.955. The van der Waals surface area contributed by atoms with Gasteiger partial charge in [-0.1, -0.05) is 6.07 Å². The predicted molar refractivity (Wildman–Crippen MR) is 118 cm³/mol. The summed E-state index contributed by atoms with van der Waals surface area (Å²) in [5.74, 6) is 1.51. The number of fused-ring (bicyclic) bond motifs is 2. The molecule has 1 aromatic carbocycles. The molecule has 0 aliphatic heterocycles. The van der Waals surface area contributed by atoms with Crippen LogP contribution in [0.25, 0.3) is 31.0 Å². The predicted octanol–water partition coefficient (Wildman–Crippen LogP) is 5.99. The molecule has 0 radical (unpaired) electrons. The summed E-state index contributed by atoms with van der Waals surface area (Å²) in [4.78, 5) is 14.4. The van der Waals surface area contributed by atoms with Crippen LogP contribution in [0.5, 0.6) is 11.5 Å². The number of aromatic nitrogens is 3. The molecule has 5 nitrogen and oxygen atoms in total. The molecule has 4 aromatic heterocycles. The van der Waals surface area contributed by atoms with Gasteiger partial charge in [-0.2, -0.15) is 0 Å². The zero-order valence-electron chi connectivity index (χ0n) is 15.8. The first-order valence-corrected chi connectivity index (χ1v) is 10.8. The zero-order valence-corrected chi connectivity index (χ0v) is 17.4. The molecular weight excluding hydrogens is 402 g/mol. The number of nitrogens with zero attached hydrogens (tertiary/aromatic N) is 3. The second-order valence-electron chi connectivity index (χ2n) is 7.19. The molecule has 4 heterocycles. The van der Waals surface area contributed by atoms with Gasteiger partial charge in [-0.15, -0.1) is 22.7 Å². The number of thiophene rings is 1. The van der Waals surface area contributed by atoms with E-state index < -0.39 is 5.60 Å². The smallest absolute Gasteiger partial charge is 0.148 e. The highest BCUT2D eigenvalue weighted by molar-refractivity contribution is 7.25. The number of thiazole rings is 1. The Hall–Kier alpha value is -2.87. The van der Waals surface area contributed by atoms with Crippen LogP contribution in [0, 0.1) is 0 Å². The van der Waals surface area contributed by atoms with Gasteiger partial charge in [0.15, 0.2) is 0 Å². The highest BCUT2D eigenvalue weighted by Crippen LogP contribution is 2.40. The fraction of sp³-hybridized carbons (Fsp3) is 0.136. The van der Waals surface area contributed by atoms with Crippen LogP contribution in [0.1, 0.15) is 19.5 Å². The molecule has 0 spiro atoms. The van der Waals surface area contributed by atoms with Crippen molar-refractivity contribution in [3.8, 4) is 21.4 Å². The second-order valence-corrected chi connectivity index (χ2v) is 9.10. The molecule has 5 aromatic rings. The van der Waals surface area contributed by atoms with Crippen LogP contribution in [-0.2, 0) is 5.60 Å². The Labute approximate surface area is 175 Å². The largest absolute Gasteiger partial charge is 0.456 e. The van der Waals surface area contributed by atoms with E-state index in [1.807, 2.05) is 47.8 Å². The summed E-state index contributed by atoms with van der Waals surface area (Å²) in [5, 5.41) is 14.0. The van der Waals surface area contributed by atoms with Gasteiger partial charge in [0.2, 0.25) is 0 Å². The van der Waals surface area contributed by atoms with E-state index in [1.165, 1.54) is 11.3 Å². The molecule has 0 saturated carbocycles. The summed E-state index contributed by atoms with van der Waals surface area (Å²) in [6, 6.07) is 13.7. The summed E-state index contributed by atoms with van der Waals surface area (Å²) in [5.41, 5.74) is 1.52. The third kappa shape index (κ3) is 3.48. The van der Waals surface area contributed by atoms with Gasteiger partial charge in [0.25, 0.3) is 0 Å². The summed E-state index contributed by atoms with van der Waals surface area (Å²) >= 11 is 3.11. The van der Waals surface area contributed by atoms with E-state index >= 15 is 0 Å². The number of rotatable bonds is 4. The van der Waals surface area contributed by atoms with Crippen LogP contribution >= 0.6 is 22.7 Å². The zero-order chi connectivity index (χ0) is 20.0. The standard InChI is InChI=1S/C22H17N3O2S2/c1-22(2,26)19-12-28-21(25-19)18-11-16-20(29-18)17(7-9-24-16)27-14-5-6-15-13(10-14)4-3-8-23-15/h3-12,26H,1-2H3. The first-order valence-electron chi connectivity index (χ1n) is 9.07. The molecule has 7 heteroatoms. The van der Waals surface area contributed by atoms with Gasteiger partial charge in [-0.3, -0.25) is 9.97 Å². The lowest BCUT2D eigenvalue weighted by Crippen LogP contribution is -2.15.